The molecule has 0 bridgehead atoms. The molecule has 0 saturated carbocycles. The summed E-state index contributed by atoms with van der Waals surface area (Å²) < 4.78 is 0. The maximum atomic E-state index is 5.89. The maximum Gasteiger partial charge on any atom is 0.0406 e. The molecule has 0 radical (unpaired) electrons. The number of hydrogen-bond acceptors (Lipinski definition) is 2. The van der Waals surface area contributed by atoms with Gasteiger partial charge in [0.2, 0.25) is 0 Å². The normalized spacial score (nSPS) is 19.2. The fraction of sp³-hybridized carbons (Fsp3) is 0.571. The molecule has 1 aromatic rings. The molecule has 1 aliphatic rings. The van der Waals surface area contributed by atoms with E-state index in [0.717, 1.165) is 17.5 Å². The van der Waals surface area contributed by atoms with Crippen LogP contribution in [0.15, 0.2) is 24.3 Å². The van der Waals surface area contributed by atoms with Crippen molar-refractivity contribution in [3.8, 4) is 0 Å². The first kappa shape index (κ1) is 12.9. The van der Waals surface area contributed by atoms with Crippen LogP contribution in [0.25, 0.3) is 0 Å². The molecule has 1 atom stereocenters. The first-order valence-corrected chi connectivity index (χ1v) is 6.83. The Labute approximate surface area is 109 Å². The van der Waals surface area contributed by atoms with Crippen molar-refractivity contribution in [2.24, 2.45) is 5.92 Å². The predicted octanol–water partition coefficient (Wildman–Crippen LogP) is 2.99. The zero-order valence-corrected chi connectivity index (χ0v) is 11.1. The average molecular weight is 253 g/mol. The Morgan fingerprint density at radius 3 is 2.59 bits per heavy atom. The summed E-state index contributed by atoms with van der Waals surface area (Å²) >= 11 is 5.89. The molecule has 0 amide bonds. The Bertz CT molecular complexity index is 331. The highest BCUT2D eigenvalue weighted by molar-refractivity contribution is 6.30. The van der Waals surface area contributed by atoms with Gasteiger partial charge in [0.1, 0.15) is 0 Å². The zero-order chi connectivity index (χ0) is 12.1. The van der Waals surface area contributed by atoms with E-state index in [2.05, 4.69) is 29.7 Å². The van der Waals surface area contributed by atoms with Crippen LogP contribution in [0, 0.1) is 5.92 Å². The number of halogens is 1. The van der Waals surface area contributed by atoms with Crippen LogP contribution >= 0.6 is 11.6 Å². The van der Waals surface area contributed by atoms with E-state index in [0.29, 0.717) is 6.04 Å². The lowest BCUT2D eigenvalue weighted by Gasteiger charge is -2.25. The minimum Gasteiger partial charge on any atom is -0.317 e. The fourth-order valence-corrected chi connectivity index (χ4v) is 2.42. The van der Waals surface area contributed by atoms with Gasteiger partial charge in [-0.25, -0.2) is 0 Å². The fourth-order valence-electron chi connectivity index (χ4n) is 2.30. The Morgan fingerprint density at radius 2 is 1.94 bits per heavy atom. The Balaban J connectivity index is 1.80. The highest BCUT2D eigenvalue weighted by Crippen LogP contribution is 2.17. The van der Waals surface area contributed by atoms with E-state index in [1.807, 2.05) is 12.1 Å². The van der Waals surface area contributed by atoms with Gasteiger partial charge in [0.05, 0.1) is 0 Å². The van der Waals surface area contributed by atoms with Gasteiger partial charge in [-0.15, -0.1) is 0 Å². The van der Waals surface area contributed by atoms with Gasteiger partial charge >= 0.3 is 0 Å². The van der Waals surface area contributed by atoms with Crippen molar-refractivity contribution in [2.75, 3.05) is 19.6 Å². The molecule has 0 aliphatic carbocycles. The third-order valence-corrected chi connectivity index (χ3v) is 3.79. The number of hydrogen-bond donors (Lipinski definition) is 2. The van der Waals surface area contributed by atoms with Crippen molar-refractivity contribution >= 4 is 11.6 Å². The number of piperidine rings is 1. The van der Waals surface area contributed by atoms with Gasteiger partial charge in [-0.3, -0.25) is 0 Å². The van der Waals surface area contributed by atoms with Crippen LogP contribution in [0.3, 0.4) is 0 Å². The zero-order valence-electron chi connectivity index (χ0n) is 10.4. The van der Waals surface area contributed by atoms with Crippen LogP contribution < -0.4 is 10.6 Å². The second-order valence-corrected chi connectivity index (χ2v) is 5.31. The molecule has 2 rings (SSSR count). The van der Waals surface area contributed by atoms with E-state index in [1.165, 1.54) is 31.5 Å². The van der Waals surface area contributed by atoms with Crippen molar-refractivity contribution in [1.29, 1.82) is 0 Å². The molecule has 0 unspecified atom stereocenters. The van der Waals surface area contributed by atoms with Gasteiger partial charge in [-0.2, -0.15) is 0 Å². The lowest BCUT2D eigenvalue weighted by Crippen LogP contribution is -2.34. The van der Waals surface area contributed by atoms with Gasteiger partial charge in [-0.1, -0.05) is 23.7 Å². The number of rotatable bonds is 4. The Morgan fingerprint density at radius 1 is 1.29 bits per heavy atom. The third-order valence-electron chi connectivity index (χ3n) is 3.54. The minimum absolute atomic E-state index is 0.405. The van der Waals surface area contributed by atoms with Crippen molar-refractivity contribution < 1.29 is 0 Å². The summed E-state index contributed by atoms with van der Waals surface area (Å²) in [4.78, 5) is 0. The molecule has 1 saturated heterocycles. The standard InChI is InChI=1S/C14H21ClN2/c1-11(13-2-4-14(15)5-3-13)17-10-12-6-8-16-9-7-12/h2-5,11-12,16-17H,6-10H2,1H3/t11-/m1/s1. The van der Waals surface area contributed by atoms with E-state index in [-0.39, 0.29) is 0 Å². The van der Waals surface area contributed by atoms with Crippen LogP contribution in [-0.2, 0) is 0 Å². The van der Waals surface area contributed by atoms with Crippen LogP contribution in [0.5, 0.6) is 0 Å². The molecule has 17 heavy (non-hydrogen) atoms. The molecule has 0 spiro atoms. The Hall–Kier alpha value is -0.570. The second-order valence-electron chi connectivity index (χ2n) is 4.87. The van der Waals surface area contributed by atoms with E-state index in [1.54, 1.807) is 0 Å². The molecule has 1 fully saturated rings. The molecule has 1 heterocycles. The minimum atomic E-state index is 0.405. The summed E-state index contributed by atoms with van der Waals surface area (Å²) in [5.74, 6) is 0.825. The largest absolute Gasteiger partial charge is 0.317 e. The third kappa shape index (κ3) is 3.98. The summed E-state index contributed by atoms with van der Waals surface area (Å²) in [5.41, 5.74) is 1.31. The topological polar surface area (TPSA) is 24.1 Å². The summed E-state index contributed by atoms with van der Waals surface area (Å²) in [6, 6.07) is 8.52. The lowest BCUT2D eigenvalue weighted by molar-refractivity contribution is 0.345. The van der Waals surface area contributed by atoms with Gasteiger partial charge in [0.25, 0.3) is 0 Å². The van der Waals surface area contributed by atoms with Crippen molar-refractivity contribution in [2.45, 2.75) is 25.8 Å². The summed E-state index contributed by atoms with van der Waals surface area (Å²) in [5, 5.41) is 7.82. The highest BCUT2D eigenvalue weighted by Gasteiger charge is 2.14. The monoisotopic (exact) mass is 252 g/mol. The van der Waals surface area contributed by atoms with Gasteiger partial charge in [-0.05, 0) is 63.0 Å². The van der Waals surface area contributed by atoms with Crippen molar-refractivity contribution in [1.82, 2.24) is 10.6 Å². The lowest BCUT2D eigenvalue weighted by atomic mass is 9.97. The van der Waals surface area contributed by atoms with Crippen LogP contribution in [0.1, 0.15) is 31.4 Å². The van der Waals surface area contributed by atoms with Gasteiger partial charge in [0, 0.05) is 11.1 Å². The van der Waals surface area contributed by atoms with Crippen LogP contribution in [-0.4, -0.2) is 19.6 Å². The molecule has 3 heteroatoms. The summed E-state index contributed by atoms with van der Waals surface area (Å²) in [6.45, 7) is 5.67. The maximum absolute atomic E-state index is 5.89. The number of nitrogens with one attached hydrogen (secondary N) is 2. The van der Waals surface area contributed by atoms with E-state index in [4.69, 9.17) is 11.6 Å². The predicted molar refractivity (Wildman–Crippen MR) is 73.5 cm³/mol. The van der Waals surface area contributed by atoms with E-state index >= 15 is 0 Å². The van der Waals surface area contributed by atoms with Gasteiger partial charge < -0.3 is 10.6 Å². The molecule has 94 valence electrons. The second kappa shape index (κ2) is 6.39. The van der Waals surface area contributed by atoms with Crippen LogP contribution in [0.4, 0.5) is 0 Å². The highest BCUT2D eigenvalue weighted by atomic mass is 35.5. The SMILES string of the molecule is C[C@@H](NCC1CCNCC1)c1ccc(Cl)cc1. The molecule has 1 aliphatic heterocycles. The molecule has 2 N–H and O–H groups in total. The molecular formula is C14H21ClN2. The van der Waals surface area contributed by atoms with Crippen LogP contribution in [0.2, 0.25) is 5.02 Å². The smallest absolute Gasteiger partial charge is 0.0406 e. The first-order chi connectivity index (χ1) is 8.25. The van der Waals surface area contributed by atoms with Gasteiger partial charge in [0.15, 0.2) is 0 Å². The molecule has 0 aromatic heterocycles. The van der Waals surface area contributed by atoms with E-state index in [9.17, 15) is 0 Å². The van der Waals surface area contributed by atoms with Crippen molar-refractivity contribution in [3.05, 3.63) is 34.9 Å². The Kier molecular flexibility index (Phi) is 4.84. The molecule has 2 nitrogen and oxygen atoms in total. The quantitative estimate of drug-likeness (QED) is 0.861. The first-order valence-electron chi connectivity index (χ1n) is 6.45. The average Bonchev–Trinajstić information content (AvgIpc) is 2.38. The molecular weight excluding hydrogens is 232 g/mol. The molecule has 1 aromatic carbocycles. The van der Waals surface area contributed by atoms with Crippen molar-refractivity contribution in [3.63, 3.8) is 0 Å². The summed E-state index contributed by atoms with van der Waals surface area (Å²) in [7, 11) is 0. The summed E-state index contributed by atoms with van der Waals surface area (Å²) in [6.07, 6.45) is 2.58. The number of benzene rings is 1. The van der Waals surface area contributed by atoms with E-state index < -0.39 is 0 Å².